The fourth-order valence-electron chi connectivity index (χ4n) is 2.55. The number of esters is 1. The molecule has 0 radical (unpaired) electrons. The van der Waals surface area contributed by atoms with Crippen LogP contribution in [0.2, 0.25) is 0 Å². The summed E-state index contributed by atoms with van der Waals surface area (Å²) in [6.45, 7) is 8.15. The normalized spacial score (nSPS) is 30.7. The van der Waals surface area contributed by atoms with Gasteiger partial charge in [0.25, 0.3) is 0 Å². The minimum Gasteiger partial charge on any atom is -0.461 e. The van der Waals surface area contributed by atoms with Crippen molar-refractivity contribution in [3.63, 3.8) is 0 Å². The predicted molar refractivity (Wildman–Crippen MR) is 66.0 cm³/mol. The van der Waals surface area contributed by atoms with E-state index in [1.807, 2.05) is 6.07 Å². The first-order valence-electron chi connectivity index (χ1n) is 6.55. The van der Waals surface area contributed by atoms with Gasteiger partial charge in [-0.3, -0.25) is 4.79 Å². The maximum atomic E-state index is 11.7. The van der Waals surface area contributed by atoms with E-state index in [9.17, 15) is 4.79 Å². The highest BCUT2D eigenvalue weighted by Gasteiger charge is 2.34. The zero-order valence-corrected chi connectivity index (χ0v) is 11.3. The van der Waals surface area contributed by atoms with Gasteiger partial charge in [0.05, 0.1) is 6.07 Å². The van der Waals surface area contributed by atoms with Gasteiger partial charge >= 0.3 is 5.97 Å². The van der Waals surface area contributed by atoms with Gasteiger partial charge in [-0.15, -0.1) is 0 Å². The number of nitrogens with zero attached hydrogens (tertiary/aromatic N) is 1. The maximum absolute atomic E-state index is 11.7. The van der Waals surface area contributed by atoms with Crippen LogP contribution in [-0.4, -0.2) is 12.1 Å². The minimum absolute atomic E-state index is 0.00190. The Labute approximate surface area is 104 Å². The van der Waals surface area contributed by atoms with E-state index in [0.29, 0.717) is 17.8 Å². The molecule has 1 aliphatic rings. The number of hydrogen-bond acceptors (Lipinski definition) is 3. The van der Waals surface area contributed by atoms with Crippen LogP contribution in [-0.2, 0) is 9.53 Å². The lowest BCUT2D eigenvalue weighted by molar-refractivity contribution is -0.158. The van der Waals surface area contributed by atoms with E-state index >= 15 is 0 Å². The number of rotatable bonds is 3. The van der Waals surface area contributed by atoms with Crippen LogP contribution in [0, 0.1) is 35.0 Å². The van der Waals surface area contributed by atoms with Crippen LogP contribution >= 0.6 is 0 Å². The summed E-state index contributed by atoms with van der Waals surface area (Å²) < 4.78 is 5.53. The van der Waals surface area contributed by atoms with Crippen molar-refractivity contribution in [1.29, 1.82) is 5.26 Å². The van der Waals surface area contributed by atoms with Gasteiger partial charge in [0.1, 0.15) is 12.0 Å². The van der Waals surface area contributed by atoms with Crippen molar-refractivity contribution in [1.82, 2.24) is 0 Å². The minimum atomic E-state index is -0.653. The van der Waals surface area contributed by atoms with E-state index in [-0.39, 0.29) is 12.1 Å². The van der Waals surface area contributed by atoms with Gasteiger partial charge in [0.2, 0.25) is 0 Å². The average molecular weight is 237 g/mol. The molecule has 0 aliphatic heterocycles. The van der Waals surface area contributed by atoms with E-state index in [0.717, 1.165) is 12.8 Å². The molecule has 0 aromatic rings. The monoisotopic (exact) mass is 237 g/mol. The molecule has 0 heterocycles. The first-order chi connectivity index (χ1) is 7.95. The van der Waals surface area contributed by atoms with Crippen LogP contribution in [0.25, 0.3) is 0 Å². The maximum Gasteiger partial charge on any atom is 0.323 e. The zero-order valence-electron chi connectivity index (χ0n) is 11.3. The fourth-order valence-corrected chi connectivity index (χ4v) is 2.55. The summed E-state index contributed by atoms with van der Waals surface area (Å²) in [6, 6.07) is 1.94. The fraction of sp³-hybridized carbons (Fsp3) is 0.857. The van der Waals surface area contributed by atoms with Crippen molar-refractivity contribution < 1.29 is 9.53 Å². The molecular weight excluding hydrogens is 214 g/mol. The Morgan fingerprint density at radius 1 is 1.35 bits per heavy atom. The van der Waals surface area contributed by atoms with Gasteiger partial charge in [-0.25, -0.2) is 0 Å². The molecule has 4 atom stereocenters. The SMILES string of the molecule is CC1CCC(C(C)C)C(OC(=O)C(C)C#N)C1. The molecule has 1 rings (SSSR count). The number of nitriles is 1. The van der Waals surface area contributed by atoms with Crippen LogP contribution in [0.1, 0.15) is 47.0 Å². The Balaban J connectivity index is 2.64. The number of ether oxygens (including phenoxy) is 1. The molecule has 0 aromatic heterocycles. The van der Waals surface area contributed by atoms with Crippen molar-refractivity contribution in [2.75, 3.05) is 0 Å². The second kappa shape index (κ2) is 6.05. The largest absolute Gasteiger partial charge is 0.461 e. The summed E-state index contributed by atoms with van der Waals surface area (Å²) in [5, 5.41) is 8.71. The summed E-state index contributed by atoms with van der Waals surface area (Å²) in [5.41, 5.74) is 0. The quantitative estimate of drug-likeness (QED) is 0.708. The molecule has 0 bridgehead atoms. The highest BCUT2D eigenvalue weighted by Crippen LogP contribution is 2.35. The third kappa shape index (κ3) is 3.73. The summed E-state index contributed by atoms with van der Waals surface area (Å²) in [4.78, 5) is 11.7. The first kappa shape index (κ1) is 14.0. The summed E-state index contributed by atoms with van der Waals surface area (Å²) >= 11 is 0. The highest BCUT2D eigenvalue weighted by atomic mass is 16.5. The topological polar surface area (TPSA) is 50.1 Å². The predicted octanol–water partition coefficient (Wildman–Crippen LogP) is 3.15. The van der Waals surface area contributed by atoms with Crippen molar-refractivity contribution in [3.05, 3.63) is 0 Å². The van der Waals surface area contributed by atoms with E-state index in [1.165, 1.54) is 6.42 Å². The van der Waals surface area contributed by atoms with Gasteiger partial charge in [-0.1, -0.05) is 27.2 Å². The van der Waals surface area contributed by atoms with Gasteiger partial charge in [-0.05, 0) is 37.5 Å². The van der Waals surface area contributed by atoms with Gasteiger partial charge in [0.15, 0.2) is 0 Å². The number of carbonyl (C=O) groups is 1. The average Bonchev–Trinajstić information content (AvgIpc) is 2.27. The molecule has 4 unspecified atom stereocenters. The Kier molecular flexibility index (Phi) is 4.99. The van der Waals surface area contributed by atoms with Crippen molar-refractivity contribution >= 4 is 5.97 Å². The van der Waals surface area contributed by atoms with Gasteiger partial charge in [-0.2, -0.15) is 5.26 Å². The second-order valence-corrected chi connectivity index (χ2v) is 5.65. The van der Waals surface area contributed by atoms with E-state index in [4.69, 9.17) is 10.00 Å². The number of carbonyl (C=O) groups excluding carboxylic acids is 1. The van der Waals surface area contributed by atoms with Gasteiger partial charge in [0, 0.05) is 0 Å². The molecule has 0 aromatic carbocycles. The molecule has 1 aliphatic carbocycles. The molecule has 3 heteroatoms. The van der Waals surface area contributed by atoms with Crippen LogP contribution in [0.4, 0.5) is 0 Å². The highest BCUT2D eigenvalue weighted by molar-refractivity contribution is 5.74. The van der Waals surface area contributed by atoms with Gasteiger partial charge < -0.3 is 4.74 Å². The van der Waals surface area contributed by atoms with Crippen LogP contribution in [0.3, 0.4) is 0 Å². The lowest BCUT2D eigenvalue weighted by Crippen LogP contribution is -2.36. The molecule has 1 saturated carbocycles. The lowest BCUT2D eigenvalue weighted by atomic mass is 9.75. The standard InChI is InChI=1S/C14H23NO2/c1-9(2)12-6-5-10(3)7-13(12)17-14(16)11(4)8-15/h9-13H,5-7H2,1-4H3. The summed E-state index contributed by atoms with van der Waals surface area (Å²) in [5.74, 6) is 0.566. The summed E-state index contributed by atoms with van der Waals surface area (Å²) in [7, 11) is 0. The van der Waals surface area contributed by atoms with E-state index in [1.54, 1.807) is 6.92 Å². The molecule has 0 spiro atoms. The molecule has 1 fully saturated rings. The Bertz CT molecular complexity index is 306. The molecule has 3 nitrogen and oxygen atoms in total. The zero-order chi connectivity index (χ0) is 13.0. The van der Waals surface area contributed by atoms with E-state index in [2.05, 4.69) is 20.8 Å². The van der Waals surface area contributed by atoms with Crippen molar-refractivity contribution in [2.45, 2.75) is 53.1 Å². The lowest BCUT2D eigenvalue weighted by Gasteiger charge is -2.36. The molecule has 0 amide bonds. The molecule has 17 heavy (non-hydrogen) atoms. The number of hydrogen-bond donors (Lipinski definition) is 0. The van der Waals surface area contributed by atoms with Crippen LogP contribution in [0.5, 0.6) is 0 Å². The third-order valence-electron chi connectivity index (χ3n) is 3.78. The van der Waals surface area contributed by atoms with Crippen molar-refractivity contribution in [2.24, 2.45) is 23.7 Å². The molecular formula is C14H23NO2. The van der Waals surface area contributed by atoms with Crippen LogP contribution < -0.4 is 0 Å². The first-order valence-corrected chi connectivity index (χ1v) is 6.55. The molecule has 0 saturated heterocycles. The second-order valence-electron chi connectivity index (χ2n) is 5.65. The van der Waals surface area contributed by atoms with Crippen LogP contribution in [0.15, 0.2) is 0 Å². The smallest absolute Gasteiger partial charge is 0.323 e. The molecule has 96 valence electrons. The molecule has 0 N–H and O–H groups in total. The Morgan fingerprint density at radius 3 is 2.53 bits per heavy atom. The Hall–Kier alpha value is -1.04. The summed E-state index contributed by atoms with van der Waals surface area (Å²) in [6.07, 6.45) is 3.27. The van der Waals surface area contributed by atoms with Crippen molar-refractivity contribution in [3.8, 4) is 6.07 Å². The van der Waals surface area contributed by atoms with E-state index < -0.39 is 5.92 Å². The Morgan fingerprint density at radius 2 is 2.00 bits per heavy atom. The third-order valence-corrected chi connectivity index (χ3v) is 3.78.